The van der Waals surface area contributed by atoms with Crippen LogP contribution < -0.4 is 5.32 Å². The summed E-state index contributed by atoms with van der Waals surface area (Å²) in [5.41, 5.74) is 1.29. The molecule has 4 heteroatoms. The summed E-state index contributed by atoms with van der Waals surface area (Å²) >= 11 is 0. The molecule has 98 valence electrons. The normalized spacial score (nSPS) is 12.5. The number of para-hydroxylation sites is 1. The zero-order valence-electron chi connectivity index (χ0n) is 10.5. The molecule has 1 unspecified atom stereocenters. The highest BCUT2D eigenvalue weighted by atomic mass is 16.3. The van der Waals surface area contributed by atoms with E-state index in [0.29, 0.717) is 17.0 Å². The van der Waals surface area contributed by atoms with Crippen LogP contribution in [0.15, 0.2) is 53.2 Å². The van der Waals surface area contributed by atoms with Crippen molar-refractivity contribution in [1.29, 1.82) is 0 Å². The Labute approximate surface area is 111 Å². The van der Waals surface area contributed by atoms with Gasteiger partial charge in [-0.25, -0.2) is 0 Å². The number of carbonyl (C=O) groups excluding carboxylic acids is 1. The molecule has 1 amide bonds. The highest BCUT2D eigenvalue weighted by Crippen LogP contribution is 2.22. The fourth-order valence-corrected chi connectivity index (χ4v) is 1.69. The molecule has 0 spiro atoms. The molecule has 0 fully saturated rings. The molecule has 1 atom stereocenters. The standard InChI is InChI=1S/C15H15NO3/c1-11(17)13-6-2-3-7-14(13)16-15(18)9-8-12-5-4-10-19-12/h2-11,17H,1H3,(H,16,18)/b9-8+. The van der Waals surface area contributed by atoms with Crippen LogP contribution >= 0.6 is 0 Å². The van der Waals surface area contributed by atoms with Gasteiger partial charge in [-0.2, -0.15) is 0 Å². The summed E-state index contributed by atoms with van der Waals surface area (Å²) in [7, 11) is 0. The van der Waals surface area contributed by atoms with Crippen LogP contribution in [0.1, 0.15) is 24.4 Å². The Bertz CT molecular complexity index is 571. The number of nitrogens with one attached hydrogen (secondary N) is 1. The zero-order valence-corrected chi connectivity index (χ0v) is 10.5. The van der Waals surface area contributed by atoms with Crippen LogP contribution in [0.3, 0.4) is 0 Å². The van der Waals surface area contributed by atoms with Gasteiger partial charge in [0, 0.05) is 17.3 Å². The number of benzene rings is 1. The van der Waals surface area contributed by atoms with Gasteiger partial charge in [0.15, 0.2) is 0 Å². The number of hydrogen-bond acceptors (Lipinski definition) is 3. The van der Waals surface area contributed by atoms with Crippen molar-refractivity contribution in [2.24, 2.45) is 0 Å². The average molecular weight is 257 g/mol. The molecule has 1 heterocycles. The fourth-order valence-electron chi connectivity index (χ4n) is 1.69. The minimum atomic E-state index is -0.634. The Balaban J connectivity index is 2.07. The van der Waals surface area contributed by atoms with Gasteiger partial charge in [-0.3, -0.25) is 4.79 Å². The van der Waals surface area contributed by atoms with E-state index in [9.17, 15) is 9.90 Å². The van der Waals surface area contributed by atoms with Crippen molar-refractivity contribution in [2.45, 2.75) is 13.0 Å². The SMILES string of the molecule is CC(O)c1ccccc1NC(=O)/C=C/c1ccco1. The van der Waals surface area contributed by atoms with Gasteiger partial charge >= 0.3 is 0 Å². The summed E-state index contributed by atoms with van der Waals surface area (Å²) in [6.07, 6.45) is 3.88. The van der Waals surface area contributed by atoms with Gasteiger partial charge in [0.1, 0.15) is 5.76 Å². The number of rotatable bonds is 4. The van der Waals surface area contributed by atoms with Crippen molar-refractivity contribution in [1.82, 2.24) is 0 Å². The first-order valence-corrected chi connectivity index (χ1v) is 5.96. The molecule has 0 aliphatic heterocycles. The van der Waals surface area contributed by atoms with E-state index in [4.69, 9.17) is 4.42 Å². The van der Waals surface area contributed by atoms with E-state index in [0.717, 1.165) is 0 Å². The second kappa shape index (κ2) is 6.02. The van der Waals surface area contributed by atoms with Crippen molar-refractivity contribution >= 4 is 17.7 Å². The van der Waals surface area contributed by atoms with Crippen LogP contribution in [0.2, 0.25) is 0 Å². The summed E-state index contributed by atoms with van der Waals surface area (Å²) in [6, 6.07) is 10.7. The molecule has 19 heavy (non-hydrogen) atoms. The van der Waals surface area contributed by atoms with Crippen molar-refractivity contribution in [3.63, 3.8) is 0 Å². The fraction of sp³-hybridized carbons (Fsp3) is 0.133. The van der Waals surface area contributed by atoms with E-state index in [1.807, 2.05) is 6.07 Å². The molecule has 0 radical (unpaired) electrons. The molecule has 2 aromatic rings. The quantitative estimate of drug-likeness (QED) is 0.828. The first kappa shape index (κ1) is 13.1. The van der Waals surface area contributed by atoms with E-state index in [2.05, 4.69) is 5.32 Å². The monoisotopic (exact) mass is 257 g/mol. The lowest BCUT2D eigenvalue weighted by Crippen LogP contribution is -2.10. The second-order valence-electron chi connectivity index (χ2n) is 4.10. The molecule has 1 aromatic carbocycles. The summed E-state index contributed by atoms with van der Waals surface area (Å²) in [4.78, 5) is 11.8. The van der Waals surface area contributed by atoms with Crippen molar-refractivity contribution in [2.75, 3.05) is 5.32 Å². The number of furan rings is 1. The molecular formula is C15H15NO3. The van der Waals surface area contributed by atoms with Crippen molar-refractivity contribution in [3.8, 4) is 0 Å². The van der Waals surface area contributed by atoms with Crippen molar-refractivity contribution < 1.29 is 14.3 Å². The minimum absolute atomic E-state index is 0.274. The number of anilines is 1. The zero-order chi connectivity index (χ0) is 13.7. The molecule has 0 bridgehead atoms. The Morgan fingerprint density at radius 2 is 2.11 bits per heavy atom. The largest absolute Gasteiger partial charge is 0.465 e. The molecule has 0 saturated heterocycles. The maximum Gasteiger partial charge on any atom is 0.248 e. The third kappa shape index (κ3) is 3.56. The van der Waals surface area contributed by atoms with Gasteiger partial charge in [0.25, 0.3) is 0 Å². The third-order valence-electron chi connectivity index (χ3n) is 2.61. The van der Waals surface area contributed by atoms with Crippen LogP contribution in [0.4, 0.5) is 5.69 Å². The highest BCUT2D eigenvalue weighted by molar-refractivity contribution is 6.02. The van der Waals surface area contributed by atoms with Crippen LogP contribution in [-0.2, 0) is 4.79 Å². The predicted molar refractivity (Wildman–Crippen MR) is 73.4 cm³/mol. The van der Waals surface area contributed by atoms with Gasteiger partial charge in [0.2, 0.25) is 5.91 Å². The lowest BCUT2D eigenvalue weighted by atomic mass is 10.1. The third-order valence-corrected chi connectivity index (χ3v) is 2.61. The topological polar surface area (TPSA) is 62.5 Å². The number of amides is 1. The van der Waals surface area contributed by atoms with E-state index in [-0.39, 0.29) is 5.91 Å². The molecule has 2 N–H and O–H groups in total. The Hall–Kier alpha value is -2.33. The number of aliphatic hydroxyl groups is 1. The highest BCUT2D eigenvalue weighted by Gasteiger charge is 2.08. The van der Waals surface area contributed by atoms with Gasteiger partial charge in [0.05, 0.1) is 12.4 Å². The maximum atomic E-state index is 11.8. The summed E-state index contributed by atoms with van der Waals surface area (Å²) in [5, 5.41) is 12.3. The molecule has 0 aliphatic rings. The van der Waals surface area contributed by atoms with Gasteiger partial charge in [-0.15, -0.1) is 0 Å². The summed E-state index contributed by atoms with van der Waals surface area (Å²) in [6.45, 7) is 1.66. The maximum absolute atomic E-state index is 11.8. The number of carbonyl (C=O) groups is 1. The van der Waals surface area contributed by atoms with E-state index < -0.39 is 6.10 Å². The summed E-state index contributed by atoms with van der Waals surface area (Å²) in [5.74, 6) is 0.337. The van der Waals surface area contributed by atoms with Crippen LogP contribution in [-0.4, -0.2) is 11.0 Å². The van der Waals surface area contributed by atoms with Gasteiger partial charge < -0.3 is 14.8 Å². The molecule has 4 nitrogen and oxygen atoms in total. The minimum Gasteiger partial charge on any atom is -0.465 e. The smallest absolute Gasteiger partial charge is 0.248 e. The Morgan fingerprint density at radius 1 is 1.32 bits per heavy atom. The van der Waals surface area contributed by atoms with Crippen molar-refractivity contribution in [3.05, 3.63) is 60.1 Å². The lowest BCUT2D eigenvalue weighted by molar-refractivity contribution is -0.111. The van der Waals surface area contributed by atoms with Crippen LogP contribution in [0, 0.1) is 0 Å². The number of hydrogen-bond donors (Lipinski definition) is 2. The van der Waals surface area contributed by atoms with Gasteiger partial charge in [-0.05, 0) is 31.2 Å². The van der Waals surface area contributed by atoms with E-state index >= 15 is 0 Å². The average Bonchev–Trinajstić information content (AvgIpc) is 2.90. The first-order chi connectivity index (χ1) is 9.16. The molecule has 0 saturated carbocycles. The van der Waals surface area contributed by atoms with Crippen LogP contribution in [0.5, 0.6) is 0 Å². The first-order valence-electron chi connectivity index (χ1n) is 5.96. The lowest BCUT2D eigenvalue weighted by Gasteiger charge is -2.11. The Morgan fingerprint density at radius 3 is 2.79 bits per heavy atom. The Kier molecular flexibility index (Phi) is 4.15. The van der Waals surface area contributed by atoms with E-state index in [1.165, 1.54) is 6.08 Å². The molecule has 2 rings (SSSR count). The van der Waals surface area contributed by atoms with E-state index in [1.54, 1.807) is 49.6 Å². The molecular weight excluding hydrogens is 242 g/mol. The van der Waals surface area contributed by atoms with Crippen LogP contribution in [0.25, 0.3) is 6.08 Å². The molecule has 1 aromatic heterocycles. The predicted octanol–water partition coefficient (Wildman–Crippen LogP) is 2.98. The van der Waals surface area contributed by atoms with Gasteiger partial charge in [-0.1, -0.05) is 18.2 Å². The number of aliphatic hydroxyl groups excluding tert-OH is 1. The summed E-state index contributed by atoms with van der Waals surface area (Å²) < 4.78 is 5.09. The second-order valence-corrected chi connectivity index (χ2v) is 4.10. The molecule has 0 aliphatic carbocycles.